The van der Waals surface area contributed by atoms with E-state index in [0.29, 0.717) is 6.42 Å². The van der Waals surface area contributed by atoms with E-state index in [1.165, 1.54) is 12.7 Å². The molecule has 0 radical (unpaired) electrons. The number of ether oxygens (including phenoxy) is 2. The molecule has 188 valence electrons. The first-order valence-electron chi connectivity index (χ1n) is 13.1. The maximum Gasteiger partial charge on any atom is 0.306 e. The van der Waals surface area contributed by atoms with Crippen LogP contribution in [0.5, 0.6) is 5.75 Å². The Kier molecular flexibility index (Phi) is 5.67. The predicted molar refractivity (Wildman–Crippen MR) is 139 cm³/mol. The van der Waals surface area contributed by atoms with Crippen LogP contribution < -0.4 is 9.64 Å². The third-order valence-electron chi connectivity index (χ3n) is 9.33. The number of carbonyl (C=O) groups is 2. The number of fused-ring (bicyclic) bond motifs is 1. The highest BCUT2D eigenvalue weighted by atomic mass is 16.5. The summed E-state index contributed by atoms with van der Waals surface area (Å²) in [6.07, 6.45) is 8.93. The highest BCUT2D eigenvalue weighted by molar-refractivity contribution is 6.07. The first kappa shape index (κ1) is 23.3. The van der Waals surface area contributed by atoms with Crippen molar-refractivity contribution in [3.05, 3.63) is 65.7 Å². The number of piperidine rings is 1. The molecule has 6 nitrogen and oxygen atoms in total. The highest BCUT2D eigenvalue weighted by Crippen LogP contribution is 2.66. The SMILES string of the molecule is COC(=O)C[C@]12CCCN3CC[C@]4(c5cccc(OC)c5N(C(=O)C=Cc5ccccc5)[C@@H]4CC1)[C@@H]32. The zero-order chi connectivity index (χ0) is 24.9. The fourth-order valence-electron chi connectivity index (χ4n) is 8.15. The molecule has 0 aromatic heterocycles. The number of hydrogen-bond acceptors (Lipinski definition) is 5. The largest absolute Gasteiger partial charge is 0.495 e. The molecule has 3 heterocycles. The monoisotopic (exact) mass is 486 g/mol. The second-order valence-electron chi connectivity index (χ2n) is 10.8. The average Bonchev–Trinajstić information content (AvgIpc) is 3.45. The third-order valence-corrected chi connectivity index (χ3v) is 9.33. The summed E-state index contributed by atoms with van der Waals surface area (Å²) in [6, 6.07) is 16.4. The number of carbonyl (C=O) groups excluding carboxylic acids is 2. The van der Waals surface area contributed by atoms with E-state index in [0.717, 1.165) is 62.2 Å². The first-order valence-corrected chi connectivity index (χ1v) is 13.1. The van der Waals surface area contributed by atoms with Crippen LogP contribution in [0, 0.1) is 5.41 Å². The van der Waals surface area contributed by atoms with Gasteiger partial charge in [-0.3, -0.25) is 14.5 Å². The Balaban J connectivity index is 1.48. The van der Waals surface area contributed by atoms with Crippen molar-refractivity contribution in [2.75, 3.05) is 32.2 Å². The number of amides is 1. The summed E-state index contributed by atoms with van der Waals surface area (Å²) in [5.74, 6) is 0.603. The molecule has 4 aliphatic rings. The van der Waals surface area contributed by atoms with E-state index < -0.39 is 0 Å². The smallest absolute Gasteiger partial charge is 0.306 e. The molecule has 2 aromatic rings. The Morgan fingerprint density at radius 1 is 1.03 bits per heavy atom. The van der Waals surface area contributed by atoms with E-state index >= 15 is 0 Å². The minimum Gasteiger partial charge on any atom is -0.495 e. The Morgan fingerprint density at radius 3 is 2.64 bits per heavy atom. The summed E-state index contributed by atoms with van der Waals surface area (Å²) >= 11 is 0. The van der Waals surface area contributed by atoms with Gasteiger partial charge >= 0.3 is 5.97 Å². The Morgan fingerprint density at radius 2 is 1.86 bits per heavy atom. The lowest BCUT2D eigenvalue weighted by molar-refractivity contribution is -0.148. The fraction of sp³-hybridized carbons (Fsp3) is 0.467. The van der Waals surface area contributed by atoms with E-state index in [-0.39, 0.29) is 34.8 Å². The maximum absolute atomic E-state index is 13.9. The summed E-state index contributed by atoms with van der Waals surface area (Å²) in [4.78, 5) is 31.2. The average molecular weight is 487 g/mol. The van der Waals surface area contributed by atoms with Gasteiger partial charge in [0.15, 0.2) is 0 Å². The molecule has 1 saturated carbocycles. The molecule has 0 unspecified atom stereocenters. The lowest BCUT2D eigenvalue weighted by Crippen LogP contribution is -2.65. The van der Waals surface area contributed by atoms with Crippen molar-refractivity contribution < 1.29 is 19.1 Å². The normalized spacial score (nSPS) is 30.6. The number of benzene rings is 2. The topological polar surface area (TPSA) is 59.1 Å². The number of hydrogen-bond donors (Lipinski definition) is 0. The van der Waals surface area contributed by atoms with Gasteiger partial charge < -0.3 is 14.4 Å². The van der Waals surface area contributed by atoms with Gasteiger partial charge in [-0.25, -0.2) is 0 Å². The fourth-order valence-corrected chi connectivity index (χ4v) is 8.15. The van der Waals surface area contributed by atoms with Gasteiger partial charge in [-0.1, -0.05) is 42.5 Å². The van der Waals surface area contributed by atoms with Gasteiger partial charge in [0.2, 0.25) is 0 Å². The third kappa shape index (κ3) is 3.27. The van der Waals surface area contributed by atoms with Crippen LogP contribution in [0.25, 0.3) is 6.08 Å². The second kappa shape index (κ2) is 8.77. The van der Waals surface area contributed by atoms with Gasteiger partial charge in [0, 0.05) is 23.6 Å². The van der Waals surface area contributed by atoms with E-state index in [1.807, 2.05) is 47.4 Å². The van der Waals surface area contributed by atoms with Crippen molar-refractivity contribution in [2.45, 2.75) is 56.0 Å². The molecule has 1 spiro atoms. The van der Waals surface area contributed by atoms with Crippen LogP contribution in [0.15, 0.2) is 54.6 Å². The van der Waals surface area contributed by atoms with Crippen LogP contribution >= 0.6 is 0 Å². The van der Waals surface area contributed by atoms with Crippen LogP contribution in [0.4, 0.5) is 5.69 Å². The molecule has 3 aliphatic heterocycles. The number of nitrogens with zero attached hydrogens (tertiary/aromatic N) is 2. The lowest BCUT2D eigenvalue weighted by Gasteiger charge is -2.58. The summed E-state index contributed by atoms with van der Waals surface area (Å²) in [7, 11) is 3.17. The van der Waals surface area contributed by atoms with Crippen molar-refractivity contribution >= 4 is 23.6 Å². The molecule has 6 rings (SSSR count). The van der Waals surface area contributed by atoms with Crippen LogP contribution in [0.1, 0.15) is 49.7 Å². The van der Waals surface area contributed by atoms with E-state index in [9.17, 15) is 9.59 Å². The van der Waals surface area contributed by atoms with Crippen molar-refractivity contribution in [1.29, 1.82) is 0 Å². The molecule has 2 saturated heterocycles. The summed E-state index contributed by atoms with van der Waals surface area (Å²) in [5, 5.41) is 0. The van der Waals surface area contributed by atoms with Crippen LogP contribution in [-0.4, -0.2) is 56.2 Å². The number of anilines is 1. The van der Waals surface area contributed by atoms with Gasteiger partial charge in [0.25, 0.3) is 5.91 Å². The minimum atomic E-state index is -0.215. The highest BCUT2D eigenvalue weighted by Gasteiger charge is 2.69. The molecule has 1 amide bonds. The van der Waals surface area contributed by atoms with Crippen molar-refractivity contribution in [3.8, 4) is 5.75 Å². The summed E-state index contributed by atoms with van der Waals surface area (Å²) in [6.45, 7) is 2.03. The van der Waals surface area contributed by atoms with Gasteiger partial charge in [-0.2, -0.15) is 0 Å². The zero-order valence-corrected chi connectivity index (χ0v) is 21.1. The van der Waals surface area contributed by atoms with Gasteiger partial charge in [0.05, 0.1) is 26.3 Å². The molecule has 4 atom stereocenters. The molecule has 0 N–H and O–H groups in total. The molecular formula is C30H34N2O4. The molecule has 0 bridgehead atoms. The molecule has 36 heavy (non-hydrogen) atoms. The van der Waals surface area contributed by atoms with E-state index in [2.05, 4.69) is 17.0 Å². The van der Waals surface area contributed by atoms with Gasteiger partial charge in [-0.05, 0) is 73.9 Å². The number of esters is 1. The van der Waals surface area contributed by atoms with Gasteiger partial charge in [-0.15, -0.1) is 0 Å². The van der Waals surface area contributed by atoms with E-state index in [1.54, 1.807) is 13.2 Å². The van der Waals surface area contributed by atoms with Crippen LogP contribution in [-0.2, 0) is 19.7 Å². The number of para-hydroxylation sites is 1. The summed E-state index contributed by atoms with van der Waals surface area (Å²) < 4.78 is 11.0. The van der Waals surface area contributed by atoms with Crippen molar-refractivity contribution in [3.63, 3.8) is 0 Å². The maximum atomic E-state index is 13.9. The Labute approximate surface area is 212 Å². The van der Waals surface area contributed by atoms with Gasteiger partial charge in [0.1, 0.15) is 5.75 Å². The first-order chi connectivity index (χ1) is 17.5. The second-order valence-corrected chi connectivity index (χ2v) is 10.8. The molecule has 3 fully saturated rings. The Bertz CT molecular complexity index is 1210. The van der Waals surface area contributed by atoms with Crippen molar-refractivity contribution in [1.82, 2.24) is 4.90 Å². The zero-order valence-electron chi connectivity index (χ0n) is 21.1. The minimum absolute atomic E-state index is 0.0128. The molecule has 6 heteroatoms. The summed E-state index contributed by atoms with van der Waals surface area (Å²) in [5.41, 5.74) is 2.77. The predicted octanol–water partition coefficient (Wildman–Crippen LogP) is 4.57. The molecule has 1 aliphatic carbocycles. The number of methoxy groups -OCH3 is 2. The van der Waals surface area contributed by atoms with Crippen molar-refractivity contribution in [2.24, 2.45) is 5.41 Å². The standard InChI is InChI=1S/C30H34N2O4/c1-35-23-11-6-10-22-27(23)32(25(33)13-12-21-8-4-3-5-9-21)24-14-16-29(20-26(34)36-2)15-7-18-31-19-17-30(22,24)28(29)31/h3-6,8-13,24,28H,7,14-20H2,1-2H3/t24-,28+,29+,30-/m1/s1. The van der Waals surface area contributed by atoms with E-state index in [4.69, 9.17) is 9.47 Å². The quantitative estimate of drug-likeness (QED) is 0.458. The van der Waals surface area contributed by atoms with Crippen LogP contribution in [0.3, 0.4) is 0 Å². The van der Waals surface area contributed by atoms with Crippen LogP contribution in [0.2, 0.25) is 0 Å². The lowest BCUT2D eigenvalue weighted by atomic mass is 9.52. The molecular weight excluding hydrogens is 452 g/mol. The number of rotatable bonds is 5. The molecule has 2 aromatic carbocycles. The Hall–Kier alpha value is -3.12.